The molecule has 1 atom stereocenters. The molecule has 0 heterocycles. The molecule has 4 aromatic carbocycles. The summed E-state index contributed by atoms with van der Waals surface area (Å²) in [5.74, 6) is 0. The van der Waals surface area contributed by atoms with Crippen LogP contribution >= 0.6 is 0 Å². The van der Waals surface area contributed by atoms with Gasteiger partial charge in [0.2, 0.25) is 0 Å². The zero-order valence-electron chi connectivity index (χ0n) is 15.7. The van der Waals surface area contributed by atoms with Crippen molar-refractivity contribution in [2.24, 2.45) is 0 Å². The van der Waals surface area contributed by atoms with Gasteiger partial charge in [0, 0.05) is 0 Å². The van der Waals surface area contributed by atoms with Crippen LogP contribution in [0, 0.1) is 0 Å². The van der Waals surface area contributed by atoms with E-state index in [0.29, 0.717) is 21.0 Å². The second-order valence-corrected chi connectivity index (χ2v) is 8.97. The van der Waals surface area contributed by atoms with Crippen molar-refractivity contribution in [1.29, 1.82) is 0 Å². The average molecular weight is 428 g/mol. The molecule has 0 aliphatic heterocycles. The molecule has 0 radical (unpaired) electrons. The molecule has 0 aromatic heterocycles. The Morgan fingerprint density at radius 1 is 0.571 bits per heavy atom. The van der Waals surface area contributed by atoms with Crippen molar-refractivity contribution in [3.63, 3.8) is 0 Å². The maximum absolute atomic E-state index is 3.76. The fourth-order valence-electron chi connectivity index (χ4n) is 3.19. The van der Waals surface area contributed by atoms with Crippen molar-refractivity contribution in [1.82, 2.24) is 0 Å². The van der Waals surface area contributed by atoms with E-state index in [4.69, 9.17) is 0 Å². The van der Waals surface area contributed by atoms with Crippen LogP contribution < -0.4 is 9.78 Å². The third-order valence-electron chi connectivity index (χ3n) is 4.69. The summed E-state index contributed by atoms with van der Waals surface area (Å²) in [6.45, 7) is 0. The Bertz CT molecular complexity index is 967. The molecule has 4 aromatic rings. The van der Waals surface area contributed by atoms with Crippen LogP contribution in [0.2, 0.25) is 5.32 Å². The van der Waals surface area contributed by atoms with E-state index in [1.807, 2.05) is 0 Å². The molecule has 0 amide bonds. The third kappa shape index (κ3) is 4.92. The first-order valence-electron chi connectivity index (χ1n) is 9.53. The zero-order valence-corrected chi connectivity index (χ0v) is 17.4. The fraction of sp³-hybridized carbons (Fsp3) is 0.0769. The molecule has 1 unspecified atom stereocenters. The van der Waals surface area contributed by atoms with Crippen LogP contribution in [-0.4, -0.2) is 15.0 Å². The average Bonchev–Trinajstić information content (AvgIpc) is 2.79. The summed E-state index contributed by atoms with van der Waals surface area (Å²) in [5.41, 5.74) is 5.00. The van der Waals surface area contributed by atoms with Gasteiger partial charge in [-0.3, -0.25) is 0 Å². The van der Waals surface area contributed by atoms with Gasteiger partial charge >= 0.3 is 174 Å². The summed E-state index contributed by atoms with van der Waals surface area (Å²) in [6, 6.07) is 41.2. The van der Waals surface area contributed by atoms with Gasteiger partial charge in [0.1, 0.15) is 0 Å². The SMILES string of the molecule is c1ccc([Se]CC(Nc2ccc(-c3ccccc3)cc2)c2ccccc2)cc1. The Kier molecular flexibility index (Phi) is 6.24. The molecule has 0 bridgehead atoms. The Morgan fingerprint density at radius 2 is 1.11 bits per heavy atom. The van der Waals surface area contributed by atoms with Gasteiger partial charge < -0.3 is 0 Å². The predicted octanol–water partition coefficient (Wildman–Crippen LogP) is 5.95. The number of benzene rings is 4. The van der Waals surface area contributed by atoms with Crippen LogP contribution in [0.5, 0.6) is 0 Å². The van der Waals surface area contributed by atoms with Crippen molar-refractivity contribution in [2.45, 2.75) is 11.4 Å². The van der Waals surface area contributed by atoms with E-state index in [0.717, 1.165) is 11.0 Å². The van der Waals surface area contributed by atoms with E-state index in [1.54, 1.807) is 0 Å². The van der Waals surface area contributed by atoms with Crippen molar-refractivity contribution in [3.8, 4) is 11.1 Å². The minimum atomic E-state index is 0.309. The van der Waals surface area contributed by atoms with Crippen LogP contribution in [-0.2, 0) is 0 Å². The molecule has 0 saturated carbocycles. The van der Waals surface area contributed by atoms with E-state index < -0.39 is 0 Å². The molecule has 0 saturated heterocycles. The summed E-state index contributed by atoms with van der Waals surface area (Å²) in [4.78, 5) is 0. The molecule has 0 aliphatic rings. The first kappa shape index (κ1) is 18.6. The first-order chi connectivity index (χ1) is 13.9. The van der Waals surface area contributed by atoms with Crippen LogP contribution in [0.1, 0.15) is 11.6 Å². The maximum atomic E-state index is 3.76. The summed E-state index contributed by atoms with van der Waals surface area (Å²) >= 11 is 0.429. The summed E-state index contributed by atoms with van der Waals surface area (Å²) in [5, 5.41) is 4.87. The molecule has 1 N–H and O–H groups in total. The molecular formula is C26H23NSe. The fourth-order valence-corrected chi connectivity index (χ4v) is 5.26. The monoisotopic (exact) mass is 429 g/mol. The van der Waals surface area contributed by atoms with Crippen LogP contribution in [0.3, 0.4) is 0 Å². The minimum absolute atomic E-state index is 0.309. The van der Waals surface area contributed by atoms with Crippen LogP contribution in [0.4, 0.5) is 5.69 Å². The molecular weight excluding hydrogens is 405 g/mol. The van der Waals surface area contributed by atoms with Gasteiger partial charge in [0.05, 0.1) is 0 Å². The molecule has 0 aliphatic carbocycles. The van der Waals surface area contributed by atoms with E-state index >= 15 is 0 Å². The third-order valence-corrected chi connectivity index (χ3v) is 7.01. The first-order valence-corrected chi connectivity index (χ1v) is 11.6. The van der Waals surface area contributed by atoms with Crippen molar-refractivity contribution in [2.75, 3.05) is 5.32 Å². The molecule has 4 rings (SSSR count). The molecule has 2 heteroatoms. The molecule has 0 spiro atoms. The molecule has 1 nitrogen and oxygen atoms in total. The van der Waals surface area contributed by atoms with Gasteiger partial charge in [0.25, 0.3) is 0 Å². The van der Waals surface area contributed by atoms with Crippen LogP contribution in [0.25, 0.3) is 11.1 Å². The number of anilines is 1. The van der Waals surface area contributed by atoms with E-state index in [2.05, 4.69) is 121 Å². The summed E-state index contributed by atoms with van der Waals surface area (Å²) in [7, 11) is 0. The Labute approximate surface area is 173 Å². The van der Waals surface area contributed by atoms with E-state index in [9.17, 15) is 0 Å². The number of nitrogens with one attached hydrogen (secondary N) is 1. The molecule has 0 fully saturated rings. The van der Waals surface area contributed by atoms with Gasteiger partial charge in [-0.1, -0.05) is 0 Å². The quantitative estimate of drug-likeness (QED) is 0.359. The van der Waals surface area contributed by atoms with Gasteiger partial charge in [0.15, 0.2) is 0 Å². The van der Waals surface area contributed by atoms with Gasteiger partial charge in [-0.15, -0.1) is 0 Å². The molecule has 28 heavy (non-hydrogen) atoms. The van der Waals surface area contributed by atoms with Gasteiger partial charge in [-0.05, 0) is 0 Å². The van der Waals surface area contributed by atoms with Crippen molar-refractivity contribution in [3.05, 3.63) is 121 Å². The Morgan fingerprint density at radius 3 is 1.75 bits per heavy atom. The second-order valence-electron chi connectivity index (χ2n) is 6.68. The topological polar surface area (TPSA) is 12.0 Å². The van der Waals surface area contributed by atoms with Gasteiger partial charge in [-0.2, -0.15) is 0 Å². The van der Waals surface area contributed by atoms with Crippen molar-refractivity contribution >= 4 is 25.1 Å². The standard InChI is InChI=1S/C26H23NSe/c1-4-10-21(11-5-1)22-16-18-24(19-17-22)27-26(23-12-6-2-7-13-23)20-28-25-14-8-3-9-15-25/h1-19,26-27H,20H2. The number of hydrogen-bond acceptors (Lipinski definition) is 1. The second kappa shape index (κ2) is 9.41. The summed E-state index contributed by atoms with van der Waals surface area (Å²) < 4.78 is 1.44. The predicted molar refractivity (Wildman–Crippen MR) is 121 cm³/mol. The zero-order chi connectivity index (χ0) is 19.0. The van der Waals surface area contributed by atoms with Gasteiger partial charge in [-0.25, -0.2) is 0 Å². The summed E-state index contributed by atoms with van der Waals surface area (Å²) in [6.07, 6.45) is 0. The normalized spacial score (nSPS) is 11.7. The van der Waals surface area contributed by atoms with E-state index in [-0.39, 0.29) is 0 Å². The van der Waals surface area contributed by atoms with E-state index in [1.165, 1.54) is 21.2 Å². The Hall–Kier alpha value is -2.80. The number of hydrogen-bond donors (Lipinski definition) is 1. The molecule has 138 valence electrons. The Balaban J connectivity index is 1.50. The number of rotatable bonds is 7. The van der Waals surface area contributed by atoms with Crippen molar-refractivity contribution < 1.29 is 0 Å². The van der Waals surface area contributed by atoms with Crippen LogP contribution in [0.15, 0.2) is 115 Å².